The Bertz CT molecular complexity index is 623. The molecule has 102 valence electrons. The van der Waals surface area contributed by atoms with E-state index in [9.17, 15) is 4.79 Å². The number of hydrogen-bond acceptors (Lipinski definition) is 2. The average Bonchev–Trinajstić information content (AvgIpc) is 2.61. The molecule has 0 aliphatic carbocycles. The van der Waals surface area contributed by atoms with Crippen molar-refractivity contribution in [1.82, 2.24) is 9.55 Å². The summed E-state index contributed by atoms with van der Waals surface area (Å²) in [6, 6.07) is 3.55. The molecule has 0 radical (unpaired) electrons. The summed E-state index contributed by atoms with van der Waals surface area (Å²) < 4.78 is 2.04. The molecule has 0 amide bonds. The Labute approximate surface area is 121 Å². The van der Waals surface area contributed by atoms with Gasteiger partial charge in [-0.1, -0.05) is 23.2 Å². The van der Waals surface area contributed by atoms with Gasteiger partial charge >= 0.3 is 5.97 Å². The summed E-state index contributed by atoms with van der Waals surface area (Å²) in [6.07, 6.45) is 1.63. The number of carboxylic acid groups (broad SMARTS) is 1. The minimum absolute atomic E-state index is 0.193. The van der Waals surface area contributed by atoms with E-state index >= 15 is 0 Å². The van der Waals surface area contributed by atoms with Gasteiger partial charge in [0.25, 0.3) is 0 Å². The Morgan fingerprint density at radius 2 is 2.00 bits per heavy atom. The molecule has 6 heteroatoms. The van der Waals surface area contributed by atoms with Gasteiger partial charge in [0.15, 0.2) is 0 Å². The van der Waals surface area contributed by atoms with Gasteiger partial charge in [0.05, 0.1) is 21.1 Å². The molecule has 0 aliphatic rings. The first-order chi connectivity index (χ1) is 8.99. The van der Waals surface area contributed by atoms with E-state index in [1.165, 1.54) is 0 Å². The molecule has 1 aromatic carbocycles. The lowest BCUT2D eigenvalue weighted by Crippen LogP contribution is -2.02. The highest BCUT2D eigenvalue weighted by molar-refractivity contribution is 6.42. The lowest BCUT2D eigenvalue weighted by Gasteiger charge is -2.06. The van der Waals surface area contributed by atoms with E-state index in [4.69, 9.17) is 28.3 Å². The van der Waals surface area contributed by atoms with Crippen molar-refractivity contribution in [3.63, 3.8) is 0 Å². The van der Waals surface area contributed by atoms with Crippen LogP contribution in [-0.4, -0.2) is 20.6 Å². The maximum Gasteiger partial charge on any atom is 0.303 e. The summed E-state index contributed by atoms with van der Waals surface area (Å²) in [6.45, 7) is 2.65. The van der Waals surface area contributed by atoms with Crippen LogP contribution in [0.2, 0.25) is 10.0 Å². The normalized spacial score (nSPS) is 11.1. The summed E-state index contributed by atoms with van der Waals surface area (Å²) in [5, 5.41) is 9.60. The molecule has 1 heterocycles. The number of carbonyl (C=O) groups is 1. The molecule has 19 heavy (non-hydrogen) atoms. The smallest absolute Gasteiger partial charge is 0.303 e. The van der Waals surface area contributed by atoms with Gasteiger partial charge in [-0.3, -0.25) is 4.79 Å². The molecular formula is C13H14Cl2N2O2. The van der Waals surface area contributed by atoms with Crippen LogP contribution in [0.4, 0.5) is 0 Å². The topological polar surface area (TPSA) is 55.1 Å². The van der Waals surface area contributed by atoms with Gasteiger partial charge in [0, 0.05) is 13.0 Å². The molecular weight excluding hydrogens is 287 g/mol. The number of aryl methyl sites for hydroxylation is 2. The quantitative estimate of drug-likeness (QED) is 0.852. The van der Waals surface area contributed by atoms with Gasteiger partial charge in [0.2, 0.25) is 0 Å². The monoisotopic (exact) mass is 300 g/mol. The van der Waals surface area contributed by atoms with Crippen molar-refractivity contribution < 1.29 is 9.90 Å². The van der Waals surface area contributed by atoms with E-state index in [-0.39, 0.29) is 6.42 Å². The highest BCUT2D eigenvalue weighted by Crippen LogP contribution is 2.28. The number of benzene rings is 1. The third-order valence-corrected chi connectivity index (χ3v) is 3.73. The van der Waals surface area contributed by atoms with Crippen molar-refractivity contribution in [2.75, 3.05) is 0 Å². The van der Waals surface area contributed by atoms with E-state index in [0.717, 1.165) is 29.8 Å². The summed E-state index contributed by atoms with van der Waals surface area (Å²) in [5.74, 6) is 0.116. The van der Waals surface area contributed by atoms with Crippen LogP contribution in [0.5, 0.6) is 0 Å². The molecule has 0 unspecified atom stereocenters. The molecule has 0 saturated heterocycles. The first kappa shape index (κ1) is 14.2. The number of halogens is 2. The Morgan fingerprint density at radius 1 is 1.32 bits per heavy atom. The standard InChI is InChI=1S/C13H14Cl2N2O2/c1-8-16-11-6-9(14)10(15)7-12(11)17(8)5-3-2-4-13(18)19/h6-7H,2-5H2,1H3,(H,18,19). The zero-order valence-electron chi connectivity index (χ0n) is 10.5. The fraction of sp³-hybridized carbons (Fsp3) is 0.385. The van der Waals surface area contributed by atoms with Crippen LogP contribution in [0.1, 0.15) is 25.1 Å². The molecule has 0 fully saturated rings. The van der Waals surface area contributed by atoms with Crippen LogP contribution < -0.4 is 0 Å². The number of unbranched alkanes of at least 4 members (excludes halogenated alkanes) is 1. The maximum absolute atomic E-state index is 10.5. The molecule has 2 rings (SSSR count). The minimum Gasteiger partial charge on any atom is -0.481 e. The van der Waals surface area contributed by atoms with Crippen LogP contribution in [0.25, 0.3) is 11.0 Å². The zero-order chi connectivity index (χ0) is 14.0. The maximum atomic E-state index is 10.5. The predicted octanol–water partition coefficient (Wildman–Crippen LogP) is 3.91. The Balaban J connectivity index is 2.20. The number of rotatable bonds is 5. The minimum atomic E-state index is -0.762. The Hall–Kier alpha value is -1.26. The molecule has 0 aliphatic heterocycles. The first-order valence-corrected chi connectivity index (χ1v) is 6.78. The van der Waals surface area contributed by atoms with Crippen molar-refractivity contribution in [3.05, 3.63) is 28.0 Å². The number of imidazole rings is 1. The van der Waals surface area contributed by atoms with E-state index in [1.807, 2.05) is 11.5 Å². The predicted molar refractivity (Wildman–Crippen MR) is 76.0 cm³/mol. The van der Waals surface area contributed by atoms with Crippen LogP contribution in [0, 0.1) is 6.92 Å². The molecule has 1 aromatic heterocycles. The molecule has 0 atom stereocenters. The van der Waals surface area contributed by atoms with E-state index in [1.54, 1.807) is 12.1 Å². The number of aromatic nitrogens is 2. The Kier molecular flexibility index (Phi) is 4.32. The second-order valence-corrected chi connectivity index (χ2v) is 5.23. The molecule has 1 N–H and O–H groups in total. The van der Waals surface area contributed by atoms with Gasteiger partial charge in [-0.05, 0) is 31.9 Å². The summed E-state index contributed by atoms with van der Waals surface area (Å²) in [7, 11) is 0. The second kappa shape index (κ2) is 5.80. The van der Waals surface area contributed by atoms with E-state index < -0.39 is 5.97 Å². The lowest BCUT2D eigenvalue weighted by atomic mass is 10.2. The molecule has 0 bridgehead atoms. The average molecular weight is 301 g/mol. The molecule has 0 saturated carbocycles. The van der Waals surface area contributed by atoms with Crippen molar-refractivity contribution in [2.45, 2.75) is 32.7 Å². The van der Waals surface area contributed by atoms with Gasteiger partial charge in [-0.25, -0.2) is 4.98 Å². The largest absolute Gasteiger partial charge is 0.481 e. The summed E-state index contributed by atoms with van der Waals surface area (Å²) in [5.41, 5.74) is 1.74. The van der Waals surface area contributed by atoms with Crippen molar-refractivity contribution >= 4 is 40.2 Å². The number of hydrogen-bond donors (Lipinski definition) is 1. The van der Waals surface area contributed by atoms with Crippen molar-refractivity contribution in [3.8, 4) is 0 Å². The Morgan fingerprint density at radius 3 is 2.68 bits per heavy atom. The summed E-state index contributed by atoms with van der Waals surface area (Å²) in [4.78, 5) is 14.9. The van der Waals surface area contributed by atoms with Crippen molar-refractivity contribution in [2.24, 2.45) is 0 Å². The second-order valence-electron chi connectivity index (χ2n) is 4.42. The number of aliphatic carboxylic acids is 1. The van der Waals surface area contributed by atoms with Gasteiger partial charge in [-0.15, -0.1) is 0 Å². The fourth-order valence-corrected chi connectivity index (χ4v) is 2.38. The van der Waals surface area contributed by atoms with Crippen LogP contribution in [0.15, 0.2) is 12.1 Å². The van der Waals surface area contributed by atoms with E-state index in [2.05, 4.69) is 4.98 Å². The van der Waals surface area contributed by atoms with Crippen LogP contribution in [0.3, 0.4) is 0 Å². The third kappa shape index (κ3) is 3.19. The number of fused-ring (bicyclic) bond motifs is 1. The lowest BCUT2D eigenvalue weighted by molar-refractivity contribution is -0.137. The van der Waals surface area contributed by atoms with Crippen molar-refractivity contribution in [1.29, 1.82) is 0 Å². The highest BCUT2D eigenvalue weighted by atomic mass is 35.5. The molecule has 4 nitrogen and oxygen atoms in total. The molecule has 2 aromatic rings. The third-order valence-electron chi connectivity index (χ3n) is 3.00. The zero-order valence-corrected chi connectivity index (χ0v) is 12.0. The number of nitrogens with zero attached hydrogens (tertiary/aromatic N) is 2. The van der Waals surface area contributed by atoms with Gasteiger partial charge < -0.3 is 9.67 Å². The van der Waals surface area contributed by atoms with Gasteiger partial charge in [0.1, 0.15) is 5.82 Å². The highest BCUT2D eigenvalue weighted by Gasteiger charge is 2.10. The van der Waals surface area contributed by atoms with Gasteiger partial charge in [-0.2, -0.15) is 0 Å². The molecule has 0 spiro atoms. The van der Waals surface area contributed by atoms with Crippen LogP contribution in [-0.2, 0) is 11.3 Å². The number of carboxylic acids is 1. The SMILES string of the molecule is Cc1nc2cc(Cl)c(Cl)cc2n1CCCCC(=O)O. The summed E-state index contributed by atoms with van der Waals surface area (Å²) >= 11 is 12.0. The van der Waals surface area contributed by atoms with E-state index in [0.29, 0.717) is 16.5 Å². The first-order valence-electron chi connectivity index (χ1n) is 6.02. The fourth-order valence-electron chi connectivity index (χ4n) is 2.07. The van der Waals surface area contributed by atoms with Crippen LogP contribution >= 0.6 is 23.2 Å².